The van der Waals surface area contributed by atoms with Crippen LogP contribution in [0.4, 0.5) is 4.79 Å². The summed E-state index contributed by atoms with van der Waals surface area (Å²) < 4.78 is 10.00. The van der Waals surface area contributed by atoms with Crippen molar-refractivity contribution in [2.45, 2.75) is 76.6 Å². The van der Waals surface area contributed by atoms with Crippen molar-refractivity contribution in [3.63, 3.8) is 0 Å². The zero-order valence-electron chi connectivity index (χ0n) is 21.7. The van der Waals surface area contributed by atoms with Gasteiger partial charge in [0.1, 0.15) is 17.7 Å². The molecule has 0 aliphatic carbocycles. The number of likely N-dealkylation sites (tertiary alicyclic amines) is 2. The zero-order valence-corrected chi connectivity index (χ0v) is 21.7. The third-order valence-corrected chi connectivity index (χ3v) is 7.10. The van der Waals surface area contributed by atoms with Gasteiger partial charge in [0.05, 0.1) is 7.11 Å². The van der Waals surface area contributed by atoms with Crippen LogP contribution in [0.2, 0.25) is 0 Å². The Morgan fingerprint density at radius 3 is 2.54 bits per heavy atom. The number of carboxylic acid groups (broad SMARTS) is 1. The number of nitrogens with one attached hydrogen (secondary N) is 1. The zero-order chi connectivity index (χ0) is 27.3. The van der Waals surface area contributed by atoms with Gasteiger partial charge in [0.2, 0.25) is 11.8 Å². The second kappa shape index (κ2) is 11.6. The minimum absolute atomic E-state index is 0.169. The minimum Gasteiger partial charge on any atom is -0.467 e. The van der Waals surface area contributed by atoms with E-state index in [1.165, 1.54) is 18.7 Å². The van der Waals surface area contributed by atoms with Crippen molar-refractivity contribution in [3.05, 3.63) is 35.4 Å². The van der Waals surface area contributed by atoms with E-state index >= 15 is 0 Å². The molecule has 1 aromatic rings. The number of carbonyl (C=O) groups excluding carboxylic acids is 4. The first-order chi connectivity index (χ1) is 17.5. The van der Waals surface area contributed by atoms with E-state index in [4.69, 9.17) is 9.47 Å². The highest BCUT2D eigenvalue weighted by Gasteiger charge is 2.53. The predicted octanol–water partition coefficient (Wildman–Crippen LogP) is 1.65. The molecular formula is C26H35N3O8. The van der Waals surface area contributed by atoms with E-state index in [2.05, 4.69) is 5.32 Å². The molecule has 1 aromatic carbocycles. The second-order valence-corrected chi connectivity index (χ2v) is 9.71. The van der Waals surface area contributed by atoms with Crippen molar-refractivity contribution in [1.29, 1.82) is 0 Å². The van der Waals surface area contributed by atoms with Crippen LogP contribution in [-0.4, -0.2) is 88.7 Å². The van der Waals surface area contributed by atoms with E-state index in [0.717, 1.165) is 23.1 Å². The minimum atomic E-state index is -1.38. The lowest BCUT2D eigenvalue weighted by molar-refractivity contribution is -0.158. The third-order valence-electron chi connectivity index (χ3n) is 7.10. The molecule has 0 bridgehead atoms. The van der Waals surface area contributed by atoms with Crippen LogP contribution in [0.15, 0.2) is 24.3 Å². The molecule has 0 aromatic heterocycles. The number of benzene rings is 1. The summed E-state index contributed by atoms with van der Waals surface area (Å²) in [6.45, 7) is 5.10. The lowest BCUT2D eigenvalue weighted by atomic mass is 9.85. The van der Waals surface area contributed by atoms with Crippen LogP contribution in [-0.2, 0) is 35.1 Å². The fourth-order valence-electron chi connectivity index (χ4n) is 5.39. The van der Waals surface area contributed by atoms with Crippen LogP contribution in [0.25, 0.3) is 0 Å². The van der Waals surface area contributed by atoms with Crippen molar-refractivity contribution in [1.82, 2.24) is 15.1 Å². The van der Waals surface area contributed by atoms with Crippen LogP contribution in [0, 0.1) is 6.92 Å². The standard InChI is InChI=1S/C26H35N3O8/c1-16-8-5-9-19(14-16)15-26(24(33)27-21(23(32)36-4)17(2)37-18(3)30)11-7-13-29(26)22(31)20-10-6-12-28(20)25(34)35/h5,8-9,14,17,20-21H,6-7,10-13,15H2,1-4H3,(H,27,33)(H,34,35). The topological polar surface area (TPSA) is 143 Å². The Bertz CT molecular complexity index is 1060. The SMILES string of the molecule is COC(=O)C(NC(=O)C1(Cc2cccc(C)c2)CCCN1C(=O)C1CCCN1C(=O)O)C(C)OC(C)=O. The smallest absolute Gasteiger partial charge is 0.407 e. The maximum atomic E-state index is 14.0. The third kappa shape index (κ3) is 6.03. The first-order valence-electron chi connectivity index (χ1n) is 12.4. The molecule has 37 heavy (non-hydrogen) atoms. The maximum absolute atomic E-state index is 14.0. The van der Waals surface area contributed by atoms with Gasteiger partial charge in [-0.15, -0.1) is 0 Å². The van der Waals surface area contributed by atoms with Crippen LogP contribution in [0.3, 0.4) is 0 Å². The van der Waals surface area contributed by atoms with Crippen molar-refractivity contribution in [2.75, 3.05) is 20.2 Å². The average Bonchev–Trinajstić information content (AvgIpc) is 3.49. The number of rotatable bonds is 8. The molecule has 2 fully saturated rings. The Balaban J connectivity index is 2.00. The molecule has 11 heteroatoms. The average molecular weight is 518 g/mol. The molecule has 4 atom stereocenters. The summed E-state index contributed by atoms with van der Waals surface area (Å²) >= 11 is 0. The maximum Gasteiger partial charge on any atom is 0.407 e. The van der Waals surface area contributed by atoms with E-state index in [1.54, 1.807) is 0 Å². The molecular weight excluding hydrogens is 482 g/mol. The monoisotopic (exact) mass is 517 g/mol. The van der Waals surface area contributed by atoms with Crippen molar-refractivity contribution < 1.29 is 38.6 Å². The van der Waals surface area contributed by atoms with Gasteiger partial charge in [0, 0.05) is 26.4 Å². The molecule has 2 N–H and O–H groups in total. The van der Waals surface area contributed by atoms with E-state index < -0.39 is 53.6 Å². The molecule has 2 aliphatic heterocycles. The number of ether oxygens (including phenoxy) is 2. The number of hydrogen-bond acceptors (Lipinski definition) is 7. The van der Waals surface area contributed by atoms with E-state index in [9.17, 15) is 29.1 Å². The predicted molar refractivity (Wildman–Crippen MR) is 131 cm³/mol. The normalized spacial score (nSPS) is 22.8. The summed E-state index contributed by atoms with van der Waals surface area (Å²) in [7, 11) is 1.16. The number of hydrogen-bond donors (Lipinski definition) is 2. The summed E-state index contributed by atoms with van der Waals surface area (Å²) in [4.78, 5) is 66.2. The first kappa shape index (κ1) is 27.9. The van der Waals surface area contributed by atoms with Gasteiger partial charge in [0.25, 0.3) is 0 Å². The summed E-state index contributed by atoms with van der Waals surface area (Å²) in [6.07, 6.45) is -0.267. The lowest BCUT2D eigenvalue weighted by Gasteiger charge is -2.40. The molecule has 0 saturated carbocycles. The molecule has 3 rings (SSSR count). The van der Waals surface area contributed by atoms with Crippen molar-refractivity contribution >= 4 is 29.8 Å². The van der Waals surface area contributed by atoms with Gasteiger partial charge in [-0.1, -0.05) is 29.8 Å². The highest BCUT2D eigenvalue weighted by Crippen LogP contribution is 2.36. The molecule has 2 aliphatic rings. The van der Waals surface area contributed by atoms with Crippen molar-refractivity contribution in [3.8, 4) is 0 Å². The van der Waals surface area contributed by atoms with Crippen LogP contribution in [0.1, 0.15) is 50.7 Å². The quantitative estimate of drug-likeness (QED) is 0.496. The Morgan fingerprint density at radius 1 is 1.19 bits per heavy atom. The number of nitrogens with zero attached hydrogens (tertiary/aromatic N) is 2. The van der Waals surface area contributed by atoms with Crippen LogP contribution >= 0.6 is 0 Å². The number of carbonyl (C=O) groups is 5. The van der Waals surface area contributed by atoms with E-state index in [-0.39, 0.29) is 19.5 Å². The van der Waals surface area contributed by atoms with Gasteiger partial charge < -0.3 is 24.8 Å². The van der Waals surface area contributed by atoms with Gasteiger partial charge in [0.15, 0.2) is 6.04 Å². The fraction of sp³-hybridized carbons (Fsp3) is 0.577. The molecule has 4 unspecified atom stereocenters. The summed E-state index contributed by atoms with van der Waals surface area (Å²) in [5.41, 5.74) is 0.423. The summed E-state index contributed by atoms with van der Waals surface area (Å²) in [6, 6.07) is 5.40. The number of amides is 3. The molecule has 3 amide bonds. The lowest BCUT2D eigenvalue weighted by Crippen LogP contribution is -2.64. The first-order valence-corrected chi connectivity index (χ1v) is 12.4. The molecule has 11 nitrogen and oxygen atoms in total. The molecule has 202 valence electrons. The molecule has 0 spiro atoms. The van der Waals surface area contributed by atoms with Crippen LogP contribution in [0.5, 0.6) is 0 Å². The van der Waals surface area contributed by atoms with E-state index in [0.29, 0.717) is 25.7 Å². The molecule has 2 saturated heterocycles. The van der Waals surface area contributed by atoms with Gasteiger partial charge >= 0.3 is 18.0 Å². The van der Waals surface area contributed by atoms with Gasteiger partial charge in [-0.3, -0.25) is 19.3 Å². The van der Waals surface area contributed by atoms with Gasteiger partial charge in [-0.25, -0.2) is 9.59 Å². The van der Waals surface area contributed by atoms with Crippen LogP contribution < -0.4 is 5.32 Å². The Kier molecular flexibility index (Phi) is 8.77. The van der Waals surface area contributed by atoms with E-state index in [1.807, 2.05) is 31.2 Å². The molecule has 0 radical (unpaired) electrons. The number of esters is 2. The van der Waals surface area contributed by atoms with Crippen molar-refractivity contribution in [2.24, 2.45) is 0 Å². The fourth-order valence-corrected chi connectivity index (χ4v) is 5.39. The highest BCUT2D eigenvalue weighted by molar-refractivity contribution is 5.97. The summed E-state index contributed by atoms with van der Waals surface area (Å²) in [5, 5.41) is 12.3. The Hall–Kier alpha value is -3.63. The number of aryl methyl sites for hydroxylation is 1. The van der Waals surface area contributed by atoms with Gasteiger partial charge in [-0.2, -0.15) is 0 Å². The second-order valence-electron chi connectivity index (χ2n) is 9.71. The Morgan fingerprint density at radius 2 is 1.92 bits per heavy atom. The molecule has 2 heterocycles. The summed E-state index contributed by atoms with van der Waals surface area (Å²) in [5.74, 6) is -2.44. The number of methoxy groups -OCH3 is 1. The Labute approximate surface area is 216 Å². The van der Waals surface area contributed by atoms with Gasteiger partial charge in [-0.05, 0) is 45.1 Å². The largest absolute Gasteiger partial charge is 0.467 e. The highest BCUT2D eigenvalue weighted by atomic mass is 16.6.